The molecule has 10 rings (SSSR count). The van der Waals surface area contributed by atoms with E-state index in [1.807, 2.05) is 11.8 Å². The van der Waals surface area contributed by atoms with Crippen molar-refractivity contribution in [3.63, 3.8) is 0 Å². The normalized spacial score (nSPS) is 19.9. The van der Waals surface area contributed by atoms with Crippen molar-refractivity contribution >= 4 is 50.5 Å². The molecule has 0 bridgehead atoms. The summed E-state index contributed by atoms with van der Waals surface area (Å²) < 4.78 is 2.49. The summed E-state index contributed by atoms with van der Waals surface area (Å²) in [4.78, 5) is 5.11. The zero-order chi connectivity index (χ0) is 31.1. The van der Waals surface area contributed by atoms with Crippen LogP contribution in [0.5, 0.6) is 0 Å². The smallest absolute Gasteiger partial charge is 0.0537 e. The van der Waals surface area contributed by atoms with Gasteiger partial charge in [0.15, 0.2) is 0 Å². The van der Waals surface area contributed by atoms with Crippen LogP contribution in [0.2, 0.25) is 0 Å². The Morgan fingerprint density at radius 3 is 2.13 bits per heavy atom. The van der Waals surface area contributed by atoms with Gasteiger partial charge in [0.05, 0.1) is 11.2 Å². The summed E-state index contributed by atoms with van der Waals surface area (Å²) in [5.41, 5.74) is 12.6. The van der Waals surface area contributed by atoms with Gasteiger partial charge in [-0.3, -0.25) is 0 Å². The van der Waals surface area contributed by atoms with Gasteiger partial charge in [0.1, 0.15) is 0 Å². The van der Waals surface area contributed by atoms with Crippen LogP contribution in [0.15, 0.2) is 157 Å². The third kappa shape index (κ3) is 3.81. The standard InChI is InChI=1S/C44H32N2S/c1-44(30-14-6-3-7-15-30)34-24-25-36-40(32-16-8-10-18-35(32)45-36)43(34)47-39-27-26-38-41(42(39)44)33-17-9-11-19-37(33)46(38)31-22-20-29(21-23-31)28-12-4-2-5-13-28/h2-27,39,42,45H,1H3. The van der Waals surface area contributed by atoms with Gasteiger partial charge in [-0.05, 0) is 64.2 Å². The van der Waals surface area contributed by atoms with Gasteiger partial charge in [-0.25, -0.2) is 0 Å². The average Bonchev–Trinajstić information content (AvgIpc) is 3.68. The van der Waals surface area contributed by atoms with E-state index in [-0.39, 0.29) is 16.6 Å². The maximum absolute atomic E-state index is 3.71. The lowest BCUT2D eigenvalue weighted by Gasteiger charge is -2.48. The number of hydrogen-bond acceptors (Lipinski definition) is 1. The Morgan fingerprint density at radius 2 is 1.32 bits per heavy atom. The zero-order valence-electron chi connectivity index (χ0n) is 26.0. The molecule has 3 heterocycles. The van der Waals surface area contributed by atoms with Gasteiger partial charge in [0.2, 0.25) is 0 Å². The number of fused-ring (bicyclic) bond motifs is 10. The zero-order valence-corrected chi connectivity index (χ0v) is 26.8. The number of nitrogens with zero attached hydrogens (tertiary/aromatic N) is 1. The molecular weight excluding hydrogens is 589 g/mol. The molecule has 3 unspecified atom stereocenters. The summed E-state index contributed by atoms with van der Waals surface area (Å²) in [5, 5.41) is 4.27. The summed E-state index contributed by atoms with van der Waals surface area (Å²) in [7, 11) is 0. The van der Waals surface area contributed by atoms with E-state index in [0.717, 1.165) is 0 Å². The summed E-state index contributed by atoms with van der Waals surface area (Å²) in [6, 6.07) is 53.5. The first-order chi connectivity index (χ1) is 23.2. The van der Waals surface area contributed by atoms with Crippen LogP contribution in [-0.2, 0) is 5.41 Å². The van der Waals surface area contributed by atoms with E-state index < -0.39 is 0 Å². The predicted octanol–water partition coefficient (Wildman–Crippen LogP) is 11.5. The highest BCUT2D eigenvalue weighted by Crippen LogP contribution is 2.62. The number of nitrogens with one attached hydrogen (secondary N) is 1. The van der Waals surface area contributed by atoms with E-state index in [1.54, 1.807) is 0 Å². The lowest BCUT2D eigenvalue weighted by atomic mass is 9.61. The number of aromatic nitrogens is 2. The fraction of sp³-hybridized carbons (Fsp3) is 0.0909. The minimum atomic E-state index is -0.259. The highest BCUT2D eigenvalue weighted by Gasteiger charge is 2.50. The maximum atomic E-state index is 3.71. The van der Waals surface area contributed by atoms with Crippen LogP contribution >= 0.6 is 11.8 Å². The molecule has 1 aliphatic heterocycles. The second-order valence-corrected chi connectivity index (χ2v) is 14.3. The molecule has 0 radical (unpaired) electrons. The molecule has 6 aromatic carbocycles. The number of aromatic amines is 1. The number of benzene rings is 6. The Kier molecular flexibility index (Phi) is 5.80. The fourth-order valence-corrected chi connectivity index (χ4v) is 10.3. The Morgan fingerprint density at radius 1 is 0.638 bits per heavy atom. The van der Waals surface area contributed by atoms with E-state index in [9.17, 15) is 0 Å². The topological polar surface area (TPSA) is 20.7 Å². The third-order valence-electron chi connectivity index (χ3n) is 10.7. The summed E-state index contributed by atoms with van der Waals surface area (Å²) >= 11 is 2.05. The molecule has 3 heteroatoms. The monoisotopic (exact) mass is 620 g/mol. The van der Waals surface area contributed by atoms with E-state index >= 15 is 0 Å². The van der Waals surface area contributed by atoms with Crippen molar-refractivity contribution in [1.29, 1.82) is 0 Å². The molecule has 224 valence electrons. The van der Waals surface area contributed by atoms with Crippen molar-refractivity contribution in [3.05, 3.63) is 174 Å². The van der Waals surface area contributed by atoms with Crippen molar-refractivity contribution in [2.45, 2.75) is 28.4 Å². The quantitative estimate of drug-likeness (QED) is 0.208. The van der Waals surface area contributed by atoms with Gasteiger partial charge in [0.25, 0.3) is 0 Å². The number of H-pyrrole nitrogens is 1. The van der Waals surface area contributed by atoms with Crippen LogP contribution in [0.4, 0.5) is 0 Å². The van der Waals surface area contributed by atoms with Gasteiger partial charge >= 0.3 is 0 Å². The molecule has 0 fully saturated rings. The first-order valence-electron chi connectivity index (χ1n) is 16.4. The van der Waals surface area contributed by atoms with Crippen LogP contribution in [0.25, 0.3) is 55.6 Å². The fourth-order valence-electron chi connectivity index (χ4n) is 8.54. The molecule has 1 aliphatic carbocycles. The van der Waals surface area contributed by atoms with Crippen LogP contribution in [0.3, 0.4) is 0 Å². The number of hydrogen-bond donors (Lipinski definition) is 1. The van der Waals surface area contributed by atoms with Crippen molar-refractivity contribution in [2.24, 2.45) is 0 Å². The number of thioether (sulfide) groups is 1. The molecule has 1 N–H and O–H groups in total. The minimum Gasteiger partial charge on any atom is -0.354 e. The number of para-hydroxylation sites is 2. The van der Waals surface area contributed by atoms with Gasteiger partial charge in [0, 0.05) is 54.4 Å². The molecule has 2 aliphatic rings. The van der Waals surface area contributed by atoms with Crippen molar-refractivity contribution < 1.29 is 0 Å². The first-order valence-corrected chi connectivity index (χ1v) is 17.3. The Balaban J connectivity index is 1.23. The van der Waals surface area contributed by atoms with Gasteiger partial charge < -0.3 is 9.55 Å². The van der Waals surface area contributed by atoms with Gasteiger partial charge in [-0.1, -0.05) is 128 Å². The minimum absolute atomic E-state index is 0.236. The highest BCUT2D eigenvalue weighted by molar-refractivity contribution is 8.00. The largest absolute Gasteiger partial charge is 0.354 e. The summed E-state index contributed by atoms with van der Waals surface area (Å²) in [6.07, 6.45) is 4.89. The summed E-state index contributed by atoms with van der Waals surface area (Å²) in [6.45, 7) is 2.50. The lowest BCUT2D eigenvalue weighted by molar-refractivity contribution is 0.439. The molecule has 3 atom stereocenters. The van der Waals surface area contributed by atoms with E-state index in [1.165, 1.54) is 76.8 Å². The predicted molar refractivity (Wildman–Crippen MR) is 199 cm³/mol. The molecule has 0 saturated heterocycles. The Bertz CT molecular complexity index is 2500. The van der Waals surface area contributed by atoms with E-state index in [4.69, 9.17) is 0 Å². The second kappa shape index (κ2) is 10.1. The van der Waals surface area contributed by atoms with Crippen LogP contribution in [0.1, 0.15) is 35.2 Å². The van der Waals surface area contributed by atoms with Gasteiger partial charge in [-0.15, -0.1) is 11.8 Å². The third-order valence-corrected chi connectivity index (χ3v) is 12.1. The molecule has 0 spiro atoms. The average molecular weight is 621 g/mol. The highest BCUT2D eigenvalue weighted by atomic mass is 32.2. The van der Waals surface area contributed by atoms with E-state index in [2.05, 4.69) is 174 Å². The molecule has 2 nitrogen and oxygen atoms in total. The van der Waals surface area contributed by atoms with Gasteiger partial charge in [-0.2, -0.15) is 0 Å². The molecule has 47 heavy (non-hydrogen) atoms. The molecule has 0 amide bonds. The lowest BCUT2D eigenvalue weighted by Crippen LogP contribution is -2.41. The summed E-state index contributed by atoms with van der Waals surface area (Å²) in [5.74, 6) is 0.236. The van der Waals surface area contributed by atoms with Crippen LogP contribution in [0, 0.1) is 0 Å². The SMILES string of the molecule is CC1(c2ccccc2)c2ccc3[nH]c4ccccc4c3c2SC2C=Cc3c(c4ccccc4n3-c3ccc(-c4ccccc4)cc3)C21. The van der Waals surface area contributed by atoms with Crippen molar-refractivity contribution in [3.8, 4) is 16.8 Å². The Hall–Kier alpha value is -5.25. The first kappa shape index (κ1) is 26.9. The van der Waals surface area contributed by atoms with E-state index in [0.29, 0.717) is 0 Å². The van der Waals surface area contributed by atoms with Crippen LogP contribution in [-0.4, -0.2) is 14.8 Å². The molecule has 2 aromatic heterocycles. The molecule has 8 aromatic rings. The van der Waals surface area contributed by atoms with Crippen molar-refractivity contribution in [2.75, 3.05) is 0 Å². The molecular formula is C44H32N2S. The Labute approximate surface area is 278 Å². The van der Waals surface area contributed by atoms with Crippen LogP contribution < -0.4 is 0 Å². The second-order valence-electron chi connectivity index (χ2n) is 13.1. The molecule has 0 saturated carbocycles. The number of rotatable bonds is 3. The van der Waals surface area contributed by atoms with Crippen molar-refractivity contribution in [1.82, 2.24) is 9.55 Å². The maximum Gasteiger partial charge on any atom is 0.0537 e.